The van der Waals surface area contributed by atoms with Crippen LogP contribution in [0.4, 0.5) is 0 Å². The summed E-state index contributed by atoms with van der Waals surface area (Å²) in [5, 5.41) is 3.07. The lowest BCUT2D eigenvalue weighted by molar-refractivity contribution is -0.140. The maximum atomic E-state index is 12.3. The molecular weight excluding hydrogens is 328 g/mol. The molecule has 5 nitrogen and oxygen atoms in total. The summed E-state index contributed by atoms with van der Waals surface area (Å²) >= 11 is 0. The van der Waals surface area contributed by atoms with Gasteiger partial charge in [0.15, 0.2) is 0 Å². The van der Waals surface area contributed by atoms with E-state index < -0.39 is 0 Å². The molecular formula is C21H30N2O3. The Bertz CT molecular complexity index is 619. The van der Waals surface area contributed by atoms with Crippen LogP contribution in [0, 0.1) is 5.92 Å². The normalized spacial score (nSPS) is 25.3. The number of benzene rings is 1. The van der Waals surface area contributed by atoms with E-state index in [-0.39, 0.29) is 17.6 Å². The monoisotopic (exact) mass is 358 g/mol. The number of methoxy groups -OCH3 is 1. The van der Waals surface area contributed by atoms with Crippen molar-refractivity contribution in [3.8, 4) is 5.75 Å². The van der Waals surface area contributed by atoms with Gasteiger partial charge < -0.3 is 14.8 Å². The van der Waals surface area contributed by atoms with E-state index >= 15 is 0 Å². The lowest BCUT2D eigenvalue weighted by Gasteiger charge is -2.39. The summed E-state index contributed by atoms with van der Waals surface area (Å²) in [7, 11) is 1.69. The van der Waals surface area contributed by atoms with Crippen LogP contribution in [0.2, 0.25) is 0 Å². The van der Waals surface area contributed by atoms with Crippen LogP contribution in [-0.2, 0) is 16.1 Å². The third-order valence-electron chi connectivity index (χ3n) is 6.14. The van der Waals surface area contributed by atoms with Gasteiger partial charge in [-0.1, -0.05) is 12.1 Å². The van der Waals surface area contributed by atoms with Gasteiger partial charge in [0.05, 0.1) is 12.7 Å². The Morgan fingerprint density at radius 1 is 1.19 bits per heavy atom. The van der Waals surface area contributed by atoms with E-state index in [1.54, 1.807) is 7.11 Å². The standard InChI is InChI=1S/C21H30N2O3/c1-25-18-6-4-17(5-7-18)15-23-12-10-21(11-13-23)9-8-19(26-21)20(24)22-14-16-2-3-16/h4-7,16,19H,2-3,8-15H2,1H3,(H,22,24)/t19-/m1/s1. The Morgan fingerprint density at radius 3 is 2.58 bits per heavy atom. The van der Waals surface area contributed by atoms with Crippen LogP contribution in [0.3, 0.4) is 0 Å². The van der Waals surface area contributed by atoms with Crippen LogP contribution in [0.1, 0.15) is 44.1 Å². The molecule has 1 aromatic carbocycles. The van der Waals surface area contributed by atoms with Gasteiger partial charge in [-0.3, -0.25) is 9.69 Å². The summed E-state index contributed by atoms with van der Waals surface area (Å²) in [4.78, 5) is 14.8. The smallest absolute Gasteiger partial charge is 0.249 e. The van der Waals surface area contributed by atoms with Crippen molar-refractivity contribution in [1.82, 2.24) is 10.2 Å². The summed E-state index contributed by atoms with van der Waals surface area (Å²) in [5.74, 6) is 1.72. The van der Waals surface area contributed by atoms with Gasteiger partial charge in [0.25, 0.3) is 0 Å². The Kier molecular flexibility index (Phi) is 5.18. The zero-order valence-corrected chi connectivity index (χ0v) is 15.7. The molecule has 4 rings (SSSR count). The van der Waals surface area contributed by atoms with Crippen LogP contribution in [0.5, 0.6) is 5.75 Å². The van der Waals surface area contributed by atoms with Crippen molar-refractivity contribution in [3.05, 3.63) is 29.8 Å². The van der Waals surface area contributed by atoms with E-state index in [4.69, 9.17) is 9.47 Å². The molecule has 1 saturated carbocycles. The third kappa shape index (κ3) is 4.21. The molecule has 1 atom stereocenters. The largest absolute Gasteiger partial charge is 0.497 e. The topological polar surface area (TPSA) is 50.8 Å². The Hall–Kier alpha value is -1.59. The summed E-state index contributed by atoms with van der Waals surface area (Å²) in [5.41, 5.74) is 1.24. The molecule has 0 bridgehead atoms. The number of likely N-dealkylation sites (tertiary alicyclic amines) is 1. The van der Waals surface area contributed by atoms with Crippen LogP contribution in [0.25, 0.3) is 0 Å². The number of piperidine rings is 1. The highest BCUT2D eigenvalue weighted by Crippen LogP contribution is 2.39. The first-order valence-electron chi connectivity index (χ1n) is 9.97. The van der Waals surface area contributed by atoms with Crippen LogP contribution < -0.4 is 10.1 Å². The lowest BCUT2D eigenvalue weighted by Crippen LogP contribution is -2.45. The number of carbonyl (C=O) groups is 1. The molecule has 3 aliphatic rings. The van der Waals surface area contributed by atoms with Crippen LogP contribution >= 0.6 is 0 Å². The first-order valence-corrected chi connectivity index (χ1v) is 9.97. The molecule has 3 fully saturated rings. The number of carbonyl (C=O) groups excluding carboxylic acids is 1. The molecule has 2 aliphatic heterocycles. The summed E-state index contributed by atoms with van der Waals surface area (Å²) in [6.45, 7) is 3.86. The van der Waals surface area contributed by atoms with Crippen molar-refractivity contribution >= 4 is 5.91 Å². The number of hydrogen-bond donors (Lipinski definition) is 1. The van der Waals surface area contributed by atoms with Crippen molar-refractivity contribution in [2.24, 2.45) is 5.92 Å². The minimum absolute atomic E-state index is 0.0714. The molecule has 1 aromatic rings. The quantitative estimate of drug-likeness (QED) is 0.850. The molecule has 1 spiro atoms. The molecule has 1 amide bonds. The van der Waals surface area contributed by atoms with E-state index in [2.05, 4.69) is 22.3 Å². The summed E-state index contributed by atoms with van der Waals surface area (Å²) in [6, 6.07) is 8.31. The second-order valence-electron chi connectivity index (χ2n) is 8.14. The van der Waals surface area contributed by atoms with Gasteiger partial charge in [0.1, 0.15) is 11.9 Å². The molecule has 2 heterocycles. The van der Waals surface area contributed by atoms with E-state index in [0.29, 0.717) is 0 Å². The Balaban J connectivity index is 1.24. The molecule has 26 heavy (non-hydrogen) atoms. The maximum Gasteiger partial charge on any atom is 0.249 e. The lowest BCUT2D eigenvalue weighted by atomic mass is 9.88. The first-order chi connectivity index (χ1) is 12.7. The van der Waals surface area contributed by atoms with Crippen LogP contribution in [0.15, 0.2) is 24.3 Å². The molecule has 0 radical (unpaired) electrons. The highest BCUT2D eigenvalue weighted by molar-refractivity contribution is 5.81. The Morgan fingerprint density at radius 2 is 1.92 bits per heavy atom. The Labute approximate surface area is 156 Å². The number of amides is 1. The van der Waals surface area contributed by atoms with Crippen molar-refractivity contribution in [3.63, 3.8) is 0 Å². The summed E-state index contributed by atoms with van der Waals surface area (Å²) in [6.07, 6.45) is 6.23. The second kappa shape index (κ2) is 7.57. The fourth-order valence-electron chi connectivity index (χ4n) is 4.15. The number of nitrogens with one attached hydrogen (secondary N) is 1. The minimum Gasteiger partial charge on any atom is -0.497 e. The SMILES string of the molecule is COc1ccc(CN2CCC3(CC[C@H](C(=O)NCC4CC4)O3)CC2)cc1. The predicted molar refractivity (Wildman–Crippen MR) is 100 cm³/mol. The number of nitrogens with zero attached hydrogens (tertiary/aromatic N) is 1. The maximum absolute atomic E-state index is 12.3. The van der Waals surface area contributed by atoms with Gasteiger partial charge in [0.2, 0.25) is 5.91 Å². The van der Waals surface area contributed by atoms with Gasteiger partial charge in [0, 0.05) is 26.2 Å². The molecule has 0 unspecified atom stereocenters. The van der Waals surface area contributed by atoms with E-state index in [9.17, 15) is 4.79 Å². The fraction of sp³-hybridized carbons (Fsp3) is 0.667. The van der Waals surface area contributed by atoms with Crippen molar-refractivity contribution in [2.45, 2.75) is 56.8 Å². The molecule has 0 aromatic heterocycles. The zero-order valence-electron chi connectivity index (χ0n) is 15.7. The van der Waals surface area contributed by atoms with Gasteiger partial charge in [-0.15, -0.1) is 0 Å². The van der Waals surface area contributed by atoms with Crippen molar-refractivity contribution < 1.29 is 14.3 Å². The highest BCUT2D eigenvalue weighted by Gasteiger charge is 2.44. The van der Waals surface area contributed by atoms with Crippen LogP contribution in [-0.4, -0.2) is 49.3 Å². The van der Waals surface area contributed by atoms with E-state index in [0.717, 1.165) is 63.5 Å². The molecule has 1 N–H and O–H groups in total. The van der Waals surface area contributed by atoms with Crippen molar-refractivity contribution in [2.75, 3.05) is 26.7 Å². The second-order valence-corrected chi connectivity index (χ2v) is 8.14. The number of ether oxygens (including phenoxy) is 2. The molecule has 1 aliphatic carbocycles. The van der Waals surface area contributed by atoms with Gasteiger partial charge in [-0.05, 0) is 62.1 Å². The van der Waals surface area contributed by atoms with Gasteiger partial charge >= 0.3 is 0 Å². The zero-order chi connectivity index (χ0) is 18.0. The molecule has 2 saturated heterocycles. The van der Waals surface area contributed by atoms with E-state index in [1.807, 2.05) is 12.1 Å². The van der Waals surface area contributed by atoms with Gasteiger partial charge in [-0.2, -0.15) is 0 Å². The molecule has 142 valence electrons. The highest BCUT2D eigenvalue weighted by atomic mass is 16.5. The molecule has 5 heteroatoms. The first kappa shape index (κ1) is 17.8. The van der Waals surface area contributed by atoms with E-state index in [1.165, 1.54) is 18.4 Å². The van der Waals surface area contributed by atoms with Crippen molar-refractivity contribution in [1.29, 1.82) is 0 Å². The number of hydrogen-bond acceptors (Lipinski definition) is 4. The van der Waals surface area contributed by atoms with Gasteiger partial charge in [-0.25, -0.2) is 0 Å². The minimum atomic E-state index is -0.234. The average Bonchev–Trinajstić information content (AvgIpc) is 3.42. The number of rotatable bonds is 6. The summed E-state index contributed by atoms with van der Waals surface area (Å²) < 4.78 is 11.5. The third-order valence-corrected chi connectivity index (χ3v) is 6.14. The fourth-order valence-corrected chi connectivity index (χ4v) is 4.15. The predicted octanol–water partition coefficient (Wildman–Crippen LogP) is 2.74. The average molecular weight is 358 g/mol.